The van der Waals surface area contributed by atoms with E-state index in [0.717, 1.165) is 12.1 Å². The van der Waals surface area contributed by atoms with E-state index in [2.05, 4.69) is 23.1 Å². The zero-order valence-electron chi connectivity index (χ0n) is 15.4. The van der Waals surface area contributed by atoms with Crippen LogP contribution >= 0.6 is 0 Å². The summed E-state index contributed by atoms with van der Waals surface area (Å²) in [5.41, 5.74) is -0.865. The molecule has 0 spiro atoms. The molecule has 1 amide bonds. The number of amidine groups is 1. The average molecular weight is 394 g/mol. The van der Waals surface area contributed by atoms with Crippen LogP contribution in [0.5, 0.6) is 5.88 Å². The van der Waals surface area contributed by atoms with Crippen LogP contribution in [0.3, 0.4) is 0 Å². The number of ether oxygens (including phenoxy) is 1. The van der Waals surface area contributed by atoms with Crippen LogP contribution in [0, 0.1) is 0 Å². The molecule has 9 heteroatoms. The number of halogens is 3. The fourth-order valence-electron chi connectivity index (χ4n) is 2.52. The Balaban J connectivity index is 2.10. The molecule has 28 heavy (non-hydrogen) atoms. The second-order valence-corrected chi connectivity index (χ2v) is 5.86. The van der Waals surface area contributed by atoms with Crippen molar-refractivity contribution in [3.63, 3.8) is 0 Å². The van der Waals surface area contributed by atoms with Crippen molar-refractivity contribution in [3.8, 4) is 5.88 Å². The van der Waals surface area contributed by atoms with Crippen molar-refractivity contribution in [3.05, 3.63) is 61.2 Å². The number of amides is 1. The van der Waals surface area contributed by atoms with Crippen LogP contribution in [0.15, 0.2) is 60.6 Å². The molecule has 0 saturated carbocycles. The molecule has 2 rings (SSSR count). The lowest BCUT2D eigenvalue weighted by Crippen LogP contribution is -2.50. The largest absolute Gasteiger partial charge is 0.436 e. The van der Waals surface area contributed by atoms with Crippen molar-refractivity contribution >= 4 is 11.7 Å². The Hall–Kier alpha value is -3.10. The summed E-state index contributed by atoms with van der Waals surface area (Å²) in [4.78, 5) is 23.3. The van der Waals surface area contributed by atoms with Gasteiger partial charge in [0, 0.05) is 44.6 Å². The number of hydrogen-bond acceptors (Lipinski definition) is 4. The molecule has 150 valence electrons. The molecule has 0 bridgehead atoms. The quantitative estimate of drug-likeness (QED) is 0.333. The Morgan fingerprint density at radius 2 is 1.89 bits per heavy atom. The Kier molecular flexibility index (Phi) is 6.97. The fourth-order valence-corrected chi connectivity index (χ4v) is 2.52. The van der Waals surface area contributed by atoms with Crippen molar-refractivity contribution < 1.29 is 22.7 Å². The van der Waals surface area contributed by atoms with Crippen molar-refractivity contribution in [2.45, 2.75) is 13.1 Å². The molecule has 1 aromatic heterocycles. The van der Waals surface area contributed by atoms with Gasteiger partial charge in [-0.05, 0) is 19.1 Å². The summed E-state index contributed by atoms with van der Waals surface area (Å²) < 4.78 is 43.4. The van der Waals surface area contributed by atoms with Crippen LogP contribution in [0.25, 0.3) is 0 Å². The molecule has 6 nitrogen and oxygen atoms in total. The van der Waals surface area contributed by atoms with E-state index in [-0.39, 0.29) is 17.5 Å². The lowest BCUT2D eigenvalue weighted by Gasteiger charge is -2.36. The van der Waals surface area contributed by atoms with Gasteiger partial charge in [-0.15, -0.1) is 0 Å². The van der Waals surface area contributed by atoms with Gasteiger partial charge in [-0.2, -0.15) is 13.2 Å². The number of piperazine rings is 1. The van der Waals surface area contributed by atoms with Gasteiger partial charge in [0.25, 0.3) is 0 Å². The van der Waals surface area contributed by atoms with E-state index >= 15 is 0 Å². The van der Waals surface area contributed by atoms with Crippen molar-refractivity contribution in [2.75, 3.05) is 26.2 Å². The minimum Gasteiger partial charge on any atom is -0.436 e. The molecular formula is C19H21F3N4O2. The molecule has 0 radical (unpaired) electrons. The monoisotopic (exact) mass is 394 g/mol. The maximum atomic E-state index is 12.6. The van der Waals surface area contributed by atoms with E-state index in [1.54, 1.807) is 24.1 Å². The Morgan fingerprint density at radius 3 is 2.39 bits per heavy atom. The summed E-state index contributed by atoms with van der Waals surface area (Å²) in [5, 5.41) is 0. The molecule has 1 aromatic rings. The number of aromatic nitrogens is 1. The SMILES string of the molecule is C=CC(=O)N1CCN(C(=N/C=C\C)C(=C)Oc2ccc(C(F)(F)F)cn2)CC1. The fraction of sp³-hybridized carbons (Fsp3) is 0.316. The summed E-state index contributed by atoms with van der Waals surface area (Å²) in [6.45, 7) is 11.1. The molecule has 0 aromatic carbocycles. The van der Waals surface area contributed by atoms with E-state index in [1.165, 1.54) is 6.08 Å². The van der Waals surface area contributed by atoms with Crippen LogP contribution in [-0.4, -0.2) is 52.7 Å². The zero-order chi connectivity index (χ0) is 20.7. The van der Waals surface area contributed by atoms with Crippen molar-refractivity contribution in [1.29, 1.82) is 0 Å². The minimum atomic E-state index is -4.47. The normalized spacial score (nSPS) is 15.6. The smallest absolute Gasteiger partial charge is 0.417 e. The standard InChI is InChI=1S/C19H21F3N4O2/c1-4-8-23-18(26-11-9-25(10-12-26)17(27)5-2)14(3)28-16-7-6-15(13-24-16)19(20,21)22/h4-8,13H,2-3,9-12H2,1H3/b8-4-,23-18?. The van der Waals surface area contributed by atoms with E-state index in [1.807, 2.05) is 4.90 Å². The Labute approximate surface area is 161 Å². The first-order chi connectivity index (χ1) is 13.3. The Morgan fingerprint density at radius 1 is 1.25 bits per heavy atom. The molecule has 0 atom stereocenters. The summed E-state index contributed by atoms with van der Waals surface area (Å²) >= 11 is 0. The van der Waals surface area contributed by atoms with E-state index in [9.17, 15) is 18.0 Å². The summed E-state index contributed by atoms with van der Waals surface area (Å²) in [6, 6.07) is 2.01. The lowest BCUT2D eigenvalue weighted by molar-refractivity contribution is -0.137. The van der Waals surface area contributed by atoms with E-state index in [0.29, 0.717) is 38.2 Å². The number of carbonyl (C=O) groups is 1. The van der Waals surface area contributed by atoms with Gasteiger partial charge in [0.2, 0.25) is 11.8 Å². The summed E-state index contributed by atoms with van der Waals surface area (Å²) in [5.74, 6) is 0.404. The van der Waals surface area contributed by atoms with Gasteiger partial charge in [-0.1, -0.05) is 19.2 Å². The van der Waals surface area contributed by atoms with Crippen molar-refractivity contribution in [2.24, 2.45) is 4.99 Å². The molecule has 0 N–H and O–H groups in total. The van der Waals surface area contributed by atoms with Crippen LogP contribution in [0.4, 0.5) is 13.2 Å². The number of carbonyl (C=O) groups excluding carboxylic acids is 1. The maximum Gasteiger partial charge on any atom is 0.417 e. The van der Waals surface area contributed by atoms with Crippen LogP contribution in [0.2, 0.25) is 0 Å². The molecular weight excluding hydrogens is 373 g/mol. The third-order valence-electron chi connectivity index (χ3n) is 3.95. The first-order valence-corrected chi connectivity index (χ1v) is 8.52. The average Bonchev–Trinajstić information content (AvgIpc) is 2.68. The highest BCUT2D eigenvalue weighted by molar-refractivity contribution is 5.97. The highest BCUT2D eigenvalue weighted by atomic mass is 19.4. The highest BCUT2D eigenvalue weighted by Gasteiger charge is 2.31. The second kappa shape index (κ2) is 9.20. The predicted octanol–water partition coefficient (Wildman–Crippen LogP) is 3.26. The van der Waals surface area contributed by atoms with Gasteiger partial charge in [-0.25, -0.2) is 9.98 Å². The third-order valence-corrected chi connectivity index (χ3v) is 3.95. The molecule has 1 aliphatic heterocycles. The van der Waals surface area contributed by atoms with Gasteiger partial charge in [-0.3, -0.25) is 4.79 Å². The van der Waals surface area contributed by atoms with Crippen LogP contribution in [-0.2, 0) is 11.0 Å². The van der Waals surface area contributed by atoms with Gasteiger partial charge in [0.05, 0.1) is 5.56 Å². The number of hydrogen-bond donors (Lipinski definition) is 0. The van der Waals surface area contributed by atoms with Crippen LogP contribution < -0.4 is 4.74 Å². The molecule has 0 unspecified atom stereocenters. The summed E-state index contributed by atoms with van der Waals surface area (Å²) in [6.07, 6.45) is 0.782. The molecule has 0 aliphatic carbocycles. The second-order valence-electron chi connectivity index (χ2n) is 5.86. The number of rotatable bonds is 5. The minimum absolute atomic E-state index is 0.0216. The highest BCUT2D eigenvalue weighted by Crippen LogP contribution is 2.29. The maximum absolute atomic E-state index is 12.6. The van der Waals surface area contributed by atoms with Crippen LogP contribution in [0.1, 0.15) is 12.5 Å². The number of pyridine rings is 1. The molecule has 2 heterocycles. The lowest BCUT2D eigenvalue weighted by atomic mass is 10.2. The molecule has 1 aliphatic rings. The van der Waals surface area contributed by atoms with Crippen molar-refractivity contribution in [1.82, 2.24) is 14.8 Å². The van der Waals surface area contributed by atoms with E-state index < -0.39 is 11.7 Å². The zero-order valence-corrected chi connectivity index (χ0v) is 15.4. The number of alkyl halides is 3. The molecule has 1 fully saturated rings. The topological polar surface area (TPSA) is 58.0 Å². The van der Waals surface area contributed by atoms with Gasteiger partial charge < -0.3 is 14.5 Å². The molecule has 1 saturated heterocycles. The first-order valence-electron chi connectivity index (χ1n) is 8.52. The van der Waals surface area contributed by atoms with Gasteiger partial charge in [0.1, 0.15) is 0 Å². The number of allylic oxidation sites excluding steroid dienone is 1. The van der Waals surface area contributed by atoms with Gasteiger partial charge >= 0.3 is 6.18 Å². The third kappa shape index (κ3) is 5.45. The first kappa shape index (κ1) is 21.2. The summed E-state index contributed by atoms with van der Waals surface area (Å²) in [7, 11) is 0. The number of aliphatic imine (C=N–C) groups is 1. The van der Waals surface area contributed by atoms with Gasteiger partial charge in [0.15, 0.2) is 11.6 Å². The van der Waals surface area contributed by atoms with E-state index in [4.69, 9.17) is 4.74 Å². The number of nitrogens with zero attached hydrogens (tertiary/aromatic N) is 4. The Bertz CT molecular complexity index is 777. The predicted molar refractivity (Wildman–Crippen MR) is 99.6 cm³/mol.